The lowest BCUT2D eigenvalue weighted by molar-refractivity contribution is 0.0409. The van der Waals surface area contributed by atoms with Gasteiger partial charge in [-0.2, -0.15) is 5.10 Å². The maximum absolute atomic E-state index is 13.1. The number of sulfonamides is 1. The maximum atomic E-state index is 13.1. The van der Waals surface area contributed by atoms with E-state index in [1.54, 1.807) is 6.07 Å². The first-order chi connectivity index (χ1) is 15.4. The molecule has 0 amide bonds. The second kappa shape index (κ2) is 8.30. The van der Waals surface area contributed by atoms with Crippen LogP contribution in [0.1, 0.15) is 25.0 Å². The van der Waals surface area contributed by atoms with Gasteiger partial charge in [0.2, 0.25) is 10.0 Å². The number of nitrogens with zero attached hydrogens (tertiary/aromatic N) is 6. The highest BCUT2D eigenvalue weighted by Gasteiger charge is 2.35. The largest absolute Gasteiger partial charge is 0.378 e. The standard InChI is InChI=1S/C19H21F2N7O3S/c20-19(21)14-3-4-17-22-7-16(28(17)25-14)15-6-18(24-11-23-15)27-5-1-2-12(8-27)26-32(29,30)13-9-31-10-13/h3-4,6-7,11-13,19,26H,1-2,5,8-10H2/t12-/m0/s1. The Morgan fingerprint density at radius 1 is 1.19 bits per heavy atom. The van der Waals surface area contributed by atoms with E-state index in [0.29, 0.717) is 35.9 Å². The van der Waals surface area contributed by atoms with Crippen molar-refractivity contribution in [2.24, 2.45) is 0 Å². The van der Waals surface area contributed by atoms with Gasteiger partial charge in [0.1, 0.15) is 28.8 Å². The molecule has 2 aliphatic heterocycles. The second-order valence-electron chi connectivity index (χ2n) is 7.84. The minimum Gasteiger partial charge on any atom is -0.378 e. The first kappa shape index (κ1) is 21.1. The highest BCUT2D eigenvalue weighted by atomic mass is 32.2. The summed E-state index contributed by atoms with van der Waals surface area (Å²) >= 11 is 0. The molecule has 2 aliphatic rings. The van der Waals surface area contributed by atoms with Gasteiger partial charge in [-0.15, -0.1) is 0 Å². The van der Waals surface area contributed by atoms with Crippen molar-refractivity contribution in [3.8, 4) is 11.4 Å². The van der Waals surface area contributed by atoms with Gasteiger partial charge in [0, 0.05) is 25.2 Å². The fraction of sp³-hybridized carbons (Fsp3) is 0.474. The maximum Gasteiger partial charge on any atom is 0.282 e. The lowest BCUT2D eigenvalue weighted by Crippen LogP contribution is -2.54. The van der Waals surface area contributed by atoms with Crippen LogP contribution in [0.15, 0.2) is 30.7 Å². The summed E-state index contributed by atoms with van der Waals surface area (Å²) in [6.07, 6.45) is 1.74. The zero-order chi connectivity index (χ0) is 22.3. The van der Waals surface area contributed by atoms with Gasteiger partial charge in [-0.25, -0.2) is 41.4 Å². The second-order valence-corrected chi connectivity index (χ2v) is 9.83. The highest BCUT2D eigenvalue weighted by molar-refractivity contribution is 7.90. The normalized spacial score (nSPS) is 20.1. The van der Waals surface area contributed by atoms with Crippen LogP contribution in [0.4, 0.5) is 14.6 Å². The van der Waals surface area contributed by atoms with E-state index in [2.05, 4.69) is 24.8 Å². The van der Waals surface area contributed by atoms with Gasteiger partial charge >= 0.3 is 0 Å². The third-order valence-corrected chi connectivity index (χ3v) is 7.46. The van der Waals surface area contributed by atoms with E-state index in [1.165, 1.54) is 29.2 Å². The van der Waals surface area contributed by atoms with Crippen molar-refractivity contribution in [1.29, 1.82) is 0 Å². The first-order valence-electron chi connectivity index (χ1n) is 10.2. The number of rotatable bonds is 6. The summed E-state index contributed by atoms with van der Waals surface area (Å²) in [6.45, 7) is 1.62. The van der Waals surface area contributed by atoms with Crippen LogP contribution < -0.4 is 9.62 Å². The molecule has 5 rings (SSSR count). The van der Waals surface area contributed by atoms with Crippen LogP contribution in [0.2, 0.25) is 0 Å². The average Bonchev–Trinajstić information content (AvgIpc) is 3.15. The van der Waals surface area contributed by atoms with Gasteiger partial charge in [-0.3, -0.25) is 0 Å². The third kappa shape index (κ3) is 4.02. The van der Waals surface area contributed by atoms with Gasteiger partial charge in [-0.1, -0.05) is 0 Å². The number of fused-ring (bicyclic) bond motifs is 1. The van der Waals surface area contributed by atoms with Crippen molar-refractivity contribution < 1.29 is 21.9 Å². The topological polar surface area (TPSA) is 115 Å². The molecule has 0 radical (unpaired) electrons. The summed E-state index contributed by atoms with van der Waals surface area (Å²) in [6, 6.07) is 4.22. The number of alkyl halides is 2. The smallest absolute Gasteiger partial charge is 0.282 e. The van der Waals surface area contributed by atoms with Crippen molar-refractivity contribution in [3.63, 3.8) is 0 Å². The molecule has 0 saturated carbocycles. The molecular weight excluding hydrogens is 444 g/mol. The minimum atomic E-state index is -3.42. The molecule has 10 nitrogen and oxygen atoms in total. The fourth-order valence-electron chi connectivity index (χ4n) is 3.84. The summed E-state index contributed by atoms with van der Waals surface area (Å²) in [4.78, 5) is 14.8. The molecule has 1 N–H and O–H groups in total. The van der Waals surface area contributed by atoms with E-state index in [-0.39, 0.29) is 24.9 Å². The molecule has 0 spiro atoms. The van der Waals surface area contributed by atoms with Crippen LogP contribution in [0.5, 0.6) is 0 Å². The number of anilines is 1. The van der Waals surface area contributed by atoms with Crippen molar-refractivity contribution in [1.82, 2.24) is 29.3 Å². The van der Waals surface area contributed by atoms with Crippen molar-refractivity contribution >= 4 is 21.5 Å². The number of nitrogens with one attached hydrogen (secondary N) is 1. The fourth-order valence-corrected chi connectivity index (χ4v) is 5.24. The van der Waals surface area contributed by atoms with Crippen LogP contribution in [-0.2, 0) is 14.8 Å². The number of hydrogen-bond acceptors (Lipinski definition) is 8. The predicted molar refractivity (Wildman–Crippen MR) is 111 cm³/mol. The monoisotopic (exact) mass is 465 g/mol. The van der Waals surface area contributed by atoms with Crippen LogP contribution in [-0.4, -0.2) is 70.6 Å². The Morgan fingerprint density at radius 2 is 2.03 bits per heavy atom. The summed E-state index contributed by atoms with van der Waals surface area (Å²) in [5, 5.41) is 3.48. The molecule has 3 aromatic rings. The SMILES string of the molecule is O=S(=O)(N[C@H]1CCCN(c2cc(-c3cnc4ccc(C(F)F)nn34)ncn2)C1)C1COC1. The van der Waals surface area contributed by atoms with E-state index in [0.717, 1.165) is 12.8 Å². The molecule has 3 aromatic heterocycles. The molecule has 1 atom stereocenters. The molecule has 0 bridgehead atoms. The molecular formula is C19H21F2N7O3S. The first-order valence-corrected chi connectivity index (χ1v) is 11.7. The van der Waals surface area contributed by atoms with Gasteiger partial charge in [-0.05, 0) is 25.0 Å². The Hall–Kier alpha value is -2.77. The Kier molecular flexibility index (Phi) is 5.47. The van der Waals surface area contributed by atoms with Crippen molar-refractivity contribution in [2.45, 2.75) is 30.6 Å². The molecule has 2 saturated heterocycles. The van der Waals surface area contributed by atoms with E-state index in [1.807, 2.05) is 4.90 Å². The Bertz CT molecular complexity index is 1230. The summed E-state index contributed by atoms with van der Waals surface area (Å²) in [5.74, 6) is 0.617. The van der Waals surface area contributed by atoms with Crippen LogP contribution in [0, 0.1) is 0 Å². The van der Waals surface area contributed by atoms with Crippen LogP contribution >= 0.6 is 0 Å². The molecule has 32 heavy (non-hydrogen) atoms. The lowest BCUT2D eigenvalue weighted by atomic mass is 10.1. The van der Waals surface area contributed by atoms with Gasteiger partial charge in [0.25, 0.3) is 6.43 Å². The summed E-state index contributed by atoms with van der Waals surface area (Å²) in [7, 11) is -3.42. The average molecular weight is 465 g/mol. The zero-order valence-electron chi connectivity index (χ0n) is 16.9. The molecule has 13 heteroatoms. The van der Waals surface area contributed by atoms with Crippen LogP contribution in [0.25, 0.3) is 17.0 Å². The predicted octanol–water partition coefficient (Wildman–Crippen LogP) is 1.41. The molecule has 0 unspecified atom stereocenters. The van der Waals surface area contributed by atoms with E-state index in [4.69, 9.17) is 4.74 Å². The Labute approximate surface area is 182 Å². The van der Waals surface area contributed by atoms with Gasteiger partial charge in [0.15, 0.2) is 5.65 Å². The lowest BCUT2D eigenvalue weighted by Gasteiger charge is -2.35. The summed E-state index contributed by atoms with van der Waals surface area (Å²) in [5.41, 5.74) is 1.02. The van der Waals surface area contributed by atoms with Crippen molar-refractivity contribution in [2.75, 3.05) is 31.2 Å². The van der Waals surface area contributed by atoms with Gasteiger partial charge < -0.3 is 9.64 Å². The molecule has 170 valence electrons. The molecule has 0 aliphatic carbocycles. The Balaban J connectivity index is 1.38. The van der Waals surface area contributed by atoms with Crippen molar-refractivity contribution in [3.05, 3.63) is 36.4 Å². The minimum absolute atomic E-state index is 0.224. The number of aromatic nitrogens is 5. The third-order valence-electron chi connectivity index (χ3n) is 5.64. The number of halogens is 2. The van der Waals surface area contributed by atoms with E-state index >= 15 is 0 Å². The molecule has 0 aromatic carbocycles. The molecule has 5 heterocycles. The number of ether oxygens (including phenoxy) is 1. The molecule has 2 fully saturated rings. The van der Waals surface area contributed by atoms with Crippen LogP contribution in [0.3, 0.4) is 0 Å². The number of piperidine rings is 1. The quantitative estimate of drug-likeness (QED) is 0.581. The summed E-state index contributed by atoms with van der Waals surface area (Å²) < 4.78 is 60.2. The van der Waals surface area contributed by atoms with Gasteiger partial charge in [0.05, 0.1) is 25.1 Å². The highest BCUT2D eigenvalue weighted by Crippen LogP contribution is 2.25. The van der Waals surface area contributed by atoms with E-state index in [9.17, 15) is 17.2 Å². The van der Waals surface area contributed by atoms with E-state index < -0.39 is 21.7 Å². The number of imidazole rings is 1. The Morgan fingerprint density at radius 3 is 2.78 bits per heavy atom. The zero-order valence-corrected chi connectivity index (χ0v) is 17.8. The number of hydrogen-bond donors (Lipinski definition) is 1.